The quantitative estimate of drug-likeness (QED) is 0.323. The van der Waals surface area contributed by atoms with Crippen LogP contribution in [0.3, 0.4) is 0 Å². The van der Waals surface area contributed by atoms with Crippen LogP contribution in [0.15, 0.2) is 42.0 Å². The van der Waals surface area contributed by atoms with E-state index in [1.54, 1.807) is 38.1 Å². The summed E-state index contributed by atoms with van der Waals surface area (Å²) in [4.78, 5) is 36.7. The molecule has 180 valence electrons. The fourth-order valence-electron chi connectivity index (χ4n) is 3.59. The highest BCUT2D eigenvalue weighted by molar-refractivity contribution is 6.04. The minimum absolute atomic E-state index is 0.0302. The van der Waals surface area contributed by atoms with Crippen LogP contribution in [-0.4, -0.2) is 44.4 Å². The maximum absolute atomic E-state index is 12.9. The topological polar surface area (TPSA) is 138 Å². The lowest BCUT2D eigenvalue weighted by Gasteiger charge is -2.29. The predicted octanol–water partition coefficient (Wildman–Crippen LogP) is 3.34. The lowest BCUT2D eigenvalue weighted by molar-refractivity contribution is -0.386. The Balaban J connectivity index is 2.25. The summed E-state index contributed by atoms with van der Waals surface area (Å²) in [5.74, 6) is -0.0454. The van der Waals surface area contributed by atoms with Crippen molar-refractivity contribution in [2.45, 2.75) is 19.9 Å². The third kappa shape index (κ3) is 4.87. The van der Waals surface area contributed by atoms with Gasteiger partial charge in [0.2, 0.25) is 5.75 Å². The van der Waals surface area contributed by atoms with E-state index in [-0.39, 0.29) is 47.2 Å². The molecule has 1 aliphatic rings. The maximum atomic E-state index is 12.9. The van der Waals surface area contributed by atoms with Gasteiger partial charge >= 0.3 is 17.7 Å². The second kappa shape index (κ2) is 10.6. The van der Waals surface area contributed by atoms with Gasteiger partial charge in [0.15, 0.2) is 5.75 Å². The van der Waals surface area contributed by atoms with Crippen LogP contribution in [-0.2, 0) is 9.53 Å². The van der Waals surface area contributed by atoms with Crippen molar-refractivity contribution in [2.75, 3.05) is 27.4 Å². The smallest absolute Gasteiger partial charge is 0.338 e. The molecule has 0 fully saturated rings. The van der Waals surface area contributed by atoms with Crippen molar-refractivity contribution in [3.05, 3.63) is 63.2 Å². The molecule has 2 aromatic rings. The first-order valence-corrected chi connectivity index (χ1v) is 10.5. The van der Waals surface area contributed by atoms with E-state index < -0.39 is 23.0 Å². The summed E-state index contributed by atoms with van der Waals surface area (Å²) >= 11 is 0. The van der Waals surface area contributed by atoms with Crippen molar-refractivity contribution in [3.8, 4) is 17.2 Å². The summed E-state index contributed by atoms with van der Waals surface area (Å²) < 4.78 is 21.2. The second-order valence-corrected chi connectivity index (χ2v) is 7.03. The van der Waals surface area contributed by atoms with Crippen molar-refractivity contribution in [1.29, 1.82) is 0 Å². The molecular formula is C23H25N3O8. The van der Waals surface area contributed by atoms with Crippen LogP contribution in [0.4, 0.5) is 10.5 Å². The number of hydrogen-bond acceptors (Lipinski definition) is 8. The lowest BCUT2D eigenvalue weighted by atomic mass is 9.92. The Morgan fingerprint density at radius 1 is 1.09 bits per heavy atom. The molecule has 2 amide bonds. The number of carbonyl (C=O) groups is 2. The molecule has 0 aliphatic carbocycles. The minimum atomic E-state index is -1.06. The molecule has 2 N–H and O–H groups in total. The highest BCUT2D eigenvalue weighted by Gasteiger charge is 2.36. The maximum Gasteiger partial charge on any atom is 0.338 e. The van der Waals surface area contributed by atoms with Crippen LogP contribution >= 0.6 is 0 Å². The Morgan fingerprint density at radius 3 is 2.32 bits per heavy atom. The molecule has 1 unspecified atom stereocenters. The zero-order valence-electron chi connectivity index (χ0n) is 19.2. The second-order valence-electron chi connectivity index (χ2n) is 7.03. The highest BCUT2D eigenvalue weighted by atomic mass is 16.6. The van der Waals surface area contributed by atoms with Gasteiger partial charge in [-0.2, -0.15) is 0 Å². The Labute approximate surface area is 195 Å². The summed E-state index contributed by atoms with van der Waals surface area (Å²) in [5, 5.41) is 17.1. The molecular weight excluding hydrogens is 446 g/mol. The van der Waals surface area contributed by atoms with Crippen molar-refractivity contribution in [3.63, 3.8) is 0 Å². The van der Waals surface area contributed by atoms with E-state index in [1.165, 1.54) is 26.4 Å². The molecule has 1 atom stereocenters. The van der Waals surface area contributed by atoms with Crippen molar-refractivity contribution < 1.29 is 33.5 Å². The number of esters is 1. The minimum Gasteiger partial charge on any atom is -0.497 e. The average Bonchev–Trinajstić information content (AvgIpc) is 2.84. The predicted molar refractivity (Wildman–Crippen MR) is 122 cm³/mol. The number of methoxy groups -OCH3 is 2. The Hall–Kier alpha value is -4.28. The number of amides is 2. The normalized spacial score (nSPS) is 15.2. The Morgan fingerprint density at radius 2 is 1.76 bits per heavy atom. The molecule has 34 heavy (non-hydrogen) atoms. The van der Waals surface area contributed by atoms with E-state index in [0.717, 1.165) is 0 Å². The number of rotatable bonds is 9. The van der Waals surface area contributed by atoms with Crippen LogP contribution < -0.4 is 24.8 Å². The zero-order valence-corrected chi connectivity index (χ0v) is 19.2. The zero-order chi connectivity index (χ0) is 24.8. The highest BCUT2D eigenvalue weighted by Crippen LogP contribution is 2.42. The van der Waals surface area contributed by atoms with Gasteiger partial charge in [0.25, 0.3) is 0 Å². The van der Waals surface area contributed by atoms with Gasteiger partial charge in [0, 0.05) is 6.07 Å². The fourth-order valence-corrected chi connectivity index (χ4v) is 3.59. The standard InChI is InChI=1S/C23H25N3O8/c1-5-33-17-12-14(11-16(26(29)30)21(17)34-6-2)20-18(22(27)32-4)19(24-23(28)25-20)13-7-9-15(31-3)10-8-13/h7-12,20H,5-6H2,1-4H3,(H2,24,25,28). The SMILES string of the molecule is CCOc1cc(C2NC(=O)NC(c3ccc(OC)cc3)=C2C(=O)OC)cc([N+](=O)[O-])c1OCC. The number of nitro groups is 1. The molecule has 11 nitrogen and oxygen atoms in total. The molecule has 1 heterocycles. The number of nitrogens with zero attached hydrogens (tertiary/aromatic N) is 1. The number of nitro benzene ring substituents is 1. The van der Waals surface area contributed by atoms with Gasteiger partial charge in [-0.15, -0.1) is 0 Å². The van der Waals surface area contributed by atoms with E-state index >= 15 is 0 Å². The fraction of sp³-hybridized carbons (Fsp3) is 0.304. The number of ether oxygens (including phenoxy) is 4. The molecule has 0 spiro atoms. The van der Waals surface area contributed by atoms with Gasteiger partial charge in [-0.25, -0.2) is 9.59 Å². The molecule has 0 radical (unpaired) electrons. The molecule has 0 saturated heterocycles. The summed E-state index contributed by atoms with van der Waals surface area (Å²) in [6.45, 7) is 3.82. The van der Waals surface area contributed by atoms with Crippen LogP contribution in [0, 0.1) is 10.1 Å². The summed E-state index contributed by atoms with van der Waals surface area (Å²) in [5.41, 5.74) is 0.683. The number of urea groups is 1. The molecule has 1 aliphatic heterocycles. The van der Waals surface area contributed by atoms with Crippen LogP contribution in [0.5, 0.6) is 17.2 Å². The van der Waals surface area contributed by atoms with Gasteiger partial charge in [0.05, 0.1) is 49.7 Å². The lowest BCUT2D eigenvalue weighted by Crippen LogP contribution is -2.45. The van der Waals surface area contributed by atoms with E-state index in [0.29, 0.717) is 11.3 Å². The monoisotopic (exact) mass is 471 g/mol. The number of benzene rings is 2. The van der Waals surface area contributed by atoms with E-state index in [9.17, 15) is 19.7 Å². The van der Waals surface area contributed by atoms with E-state index in [2.05, 4.69) is 10.6 Å². The molecule has 11 heteroatoms. The van der Waals surface area contributed by atoms with Gasteiger partial charge in [-0.3, -0.25) is 10.1 Å². The van der Waals surface area contributed by atoms with Crippen LogP contribution in [0.25, 0.3) is 5.70 Å². The number of carbonyl (C=O) groups excluding carboxylic acids is 2. The van der Waals surface area contributed by atoms with Crippen LogP contribution in [0.2, 0.25) is 0 Å². The molecule has 0 aromatic heterocycles. The number of hydrogen-bond donors (Lipinski definition) is 2. The molecule has 3 rings (SSSR count). The van der Waals surface area contributed by atoms with Gasteiger partial charge in [-0.05, 0) is 55.3 Å². The average molecular weight is 471 g/mol. The summed E-state index contributed by atoms with van der Waals surface area (Å²) in [6.07, 6.45) is 0. The Kier molecular flexibility index (Phi) is 7.57. The first-order chi connectivity index (χ1) is 16.3. The van der Waals surface area contributed by atoms with Crippen LogP contribution in [0.1, 0.15) is 31.0 Å². The van der Waals surface area contributed by atoms with Gasteiger partial charge < -0.3 is 29.6 Å². The third-order valence-electron chi connectivity index (χ3n) is 5.03. The molecule has 2 aromatic carbocycles. The van der Waals surface area contributed by atoms with E-state index in [1.807, 2.05) is 0 Å². The molecule has 0 bridgehead atoms. The largest absolute Gasteiger partial charge is 0.497 e. The van der Waals surface area contributed by atoms with E-state index in [4.69, 9.17) is 18.9 Å². The number of nitrogens with one attached hydrogen (secondary N) is 2. The Bertz CT molecular complexity index is 1130. The first-order valence-electron chi connectivity index (χ1n) is 10.5. The third-order valence-corrected chi connectivity index (χ3v) is 5.03. The van der Waals surface area contributed by atoms with Crippen molar-refractivity contribution >= 4 is 23.4 Å². The summed E-state index contributed by atoms with van der Waals surface area (Å²) in [7, 11) is 2.73. The first kappa shape index (κ1) is 24.4. The van der Waals surface area contributed by atoms with Crippen molar-refractivity contribution in [2.24, 2.45) is 0 Å². The molecule has 0 saturated carbocycles. The van der Waals surface area contributed by atoms with Gasteiger partial charge in [-0.1, -0.05) is 0 Å². The van der Waals surface area contributed by atoms with Gasteiger partial charge in [0.1, 0.15) is 5.75 Å². The van der Waals surface area contributed by atoms with Crippen molar-refractivity contribution in [1.82, 2.24) is 10.6 Å². The summed E-state index contributed by atoms with van der Waals surface area (Å²) in [6, 6.07) is 7.79.